The van der Waals surface area contributed by atoms with Crippen LogP contribution in [-0.2, 0) is 0 Å². The summed E-state index contributed by atoms with van der Waals surface area (Å²) in [5.74, 6) is 0. The van der Waals surface area contributed by atoms with Gasteiger partial charge in [-0.15, -0.1) is 0 Å². The summed E-state index contributed by atoms with van der Waals surface area (Å²) in [6.07, 6.45) is 3.15. The summed E-state index contributed by atoms with van der Waals surface area (Å²) in [5, 5.41) is 5.31. The van der Waals surface area contributed by atoms with Gasteiger partial charge in [-0.1, -0.05) is 0 Å². The van der Waals surface area contributed by atoms with Crippen LogP contribution in [0.25, 0.3) is 0 Å². The van der Waals surface area contributed by atoms with E-state index in [-0.39, 0.29) is 18.1 Å². The Morgan fingerprint density at radius 1 is 1.55 bits per heavy atom. The van der Waals surface area contributed by atoms with Gasteiger partial charge in [0.25, 0.3) is 0 Å². The van der Waals surface area contributed by atoms with Gasteiger partial charge in [-0.3, -0.25) is 0 Å². The second kappa shape index (κ2) is 3.57. The first kappa shape index (κ1) is 8.33. The van der Waals surface area contributed by atoms with Crippen LogP contribution >= 0.6 is 0 Å². The van der Waals surface area contributed by atoms with Crippen LogP contribution < -0.4 is 16.4 Å². The molecule has 4 nitrogen and oxygen atoms in total. The minimum absolute atomic E-state index is 0.132. The predicted octanol–water partition coefficient (Wildman–Crippen LogP) is -0.205. The number of urea groups is 1. The highest BCUT2D eigenvalue weighted by Gasteiger charge is 2.24. The van der Waals surface area contributed by atoms with Crippen molar-refractivity contribution < 1.29 is 4.79 Å². The lowest BCUT2D eigenvalue weighted by Crippen LogP contribution is -2.47. The minimum atomic E-state index is -0.132. The summed E-state index contributed by atoms with van der Waals surface area (Å²) in [6, 6.07) is 0.189. The molecule has 1 aliphatic carbocycles. The molecule has 2 unspecified atom stereocenters. The molecule has 4 N–H and O–H groups in total. The third-order valence-electron chi connectivity index (χ3n) is 2.11. The van der Waals surface area contributed by atoms with Gasteiger partial charge in [0.2, 0.25) is 0 Å². The van der Waals surface area contributed by atoms with Gasteiger partial charge < -0.3 is 16.4 Å². The van der Waals surface area contributed by atoms with Crippen LogP contribution in [0, 0.1) is 0 Å². The molecule has 1 fully saturated rings. The van der Waals surface area contributed by atoms with E-state index >= 15 is 0 Å². The van der Waals surface area contributed by atoms with Gasteiger partial charge >= 0.3 is 6.03 Å². The van der Waals surface area contributed by atoms with Crippen LogP contribution in [0.1, 0.15) is 19.3 Å². The van der Waals surface area contributed by atoms with E-state index in [1.807, 2.05) is 0 Å². The molecule has 1 saturated carbocycles. The van der Waals surface area contributed by atoms with Gasteiger partial charge in [0.05, 0.1) is 0 Å². The van der Waals surface area contributed by atoms with Crippen LogP contribution in [0.15, 0.2) is 0 Å². The number of nitrogens with one attached hydrogen (secondary N) is 2. The molecule has 2 atom stereocenters. The van der Waals surface area contributed by atoms with Gasteiger partial charge in [-0.2, -0.15) is 0 Å². The molecule has 0 bridgehead atoms. The zero-order valence-electron chi connectivity index (χ0n) is 6.76. The summed E-state index contributed by atoms with van der Waals surface area (Å²) in [5.41, 5.74) is 5.74. The fraction of sp³-hybridized carbons (Fsp3) is 0.857. The first-order valence-corrected chi connectivity index (χ1v) is 3.98. The first-order valence-electron chi connectivity index (χ1n) is 3.98. The van der Waals surface area contributed by atoms with Crippen molar-refractivity contribution in [3.63, 3.8) is 0 Å². The maximum Gasteiger partial charge on any atom is 0.314 e. The monoisotopic (exact) mass is 157 g/mol. The zero-order chi connectivity index (χ0) is 8.27. The van der Waals surface area contributed by atoms with Crippen molar-refractivity contribution in [2.75, 3.05) is 7.05 Å². The number of rotatable bonds is 1. The quantitative estimate of drug-likeness (QED) is 0.493. The van der Waals surface area contributed by atoms with Gasteiger partial charge in [0.1, 0.15) is 0 Å². The molecule has 0 aromatic heterocycles. The highest BCUT2D eigenvalue weighted by atomic mass is 16.2. The molecule has 1 aliphatic rings. The van der Waals surface area contributed by atoms with Gasteiger partial charge in [-0.05, 0) is 19.3 Å². The van der Waals surface area contributed by atoms with Crippen LogP contribution in [0.4, 0.5) is 4.79 Å². The Balaban J connectivity index is 2.30. The standard InChI is InChI=1S/C7H15N3O/c1-9-7(11)10-6-4-2-3-5(6)8/h5-6H,2-4,8H2,1H3,(H2,9,10,11). The maximum absolute atomic E-state index is 10.8. The van der Waals surface area contributed by atoms with Crippen molar-refractivity contribution >= 4 is 6.03 Å². The zero-order valence-corrected chi connectivity index (χ0v) is 6.76. The molecule has 0 saturated heterocycles. The Morgan fingerprint density at radius 3 is 2.73 bits per heavy atom. The molecule has 0 aliphatic heterocycles. The Hall–Kier alpha value is -0.770. The summed E-state index contributed by atoms with van der Waals surface area (Å²) in [7, 11) is 1.61. The lowest BCUT2D eigenvalue weighted by molar-refractivity contribution is 0.238. The van der Waals surface area contributed by atoms with Crippen LogP contribution in [0.5, 0.6) is 0 Å². The normalized spacial score (nSPS) is 30.0. The van der Waals surface area contributed by atoms with E-state index in [1.54, 1.807) is 7.05 Å². The summed E-state index contributed by atoms with van der Waals surface area (Å²) >= 11 is 0. The molecule has 4 heteroatoms. The third kappa shape index (κ3) is 2.08. The molecule has 0 aromatic carbocycles. The molecular weight excluding hydrogens is 142 g/mol. The maximum atomic E-state index is 10.8. The number of nitrogens with two attached hydrogens (primary N) is 1. The van der Waals surface area contributed by atoms with Gasteiger partial charge in [0.15, 0.2) is 0 Å². The Bertz CT molecular complexity index is 149. The van der Waals surface area contributed by atoms with E-state index in [4.69, 9.17) is 5.73 Å². The molecule has 0 aromatic rings. The minimum Gasteiger partial charge on any atom is -0.341 e. The second-order valence-electron chi connectivity index (χ2n) is 2.92. The molecule has 1 rings (SSSR count). The van der Waals surface area contributed by atoms with E-state index in [9.17, 15) is 4.79 Å². The van der Waals surface area contributed by atoms with E-state index in [0.717, 1.165) is 19.3 Å². The molecule has 0 spiro atoms. The number of hydrogen-bond acceptors (Lipinski definition) is 2. The highest BCUT2D eigenvalue weighted by Crippen LogP contribution is 2.16. The van der Waals surface area contributed by atoms with E-state index in [1.165, 1.54) is 0 Å². The summed E-state index contributed by atoms with van der Waals surface area (Å²) in [4.78, 5) is 10.8. The van der Waals surface area contributed by atoms with Crippen molar-refractivity contribution in [3.05, 3.63) is 0 Å². The average molecular weight is 157 g/mol. The molecule has 64 valence electrons. The highest BCUT2D eigenvalue weighted by molar-refractivity contribution is 5.73. The van der Waals surface area contributed by atoms with Crippen LogP contribution in [-0.4, -0.2) is 25.2 Å². The van der Waals surface area contributed by atoms with Crippen molar-refractivity contribution in [3.8, 4) is 0 Å². The van der Waals surface area contributed by atoms with Crippen LogP contribution in [0.2, 0.25) is 0 Å². The first-order chi connectivity index (χ1) is 5.24. The second-order valence-corrected chi connectivity index (χ2v) is 2.92. The van der Waals surface area contributed by atoms with Gasteiger partial charge in [0, 0.05) is 19.1 Å². The molecule has 11 heavy (non-hydrogen) atoms. The van der Waals surface area contributed by atoms with Gasteiger partial charge in [-0.25, -0.2) is 4.79 Å². The van der Waals surface area contributed by atoms with Crippen LogP contribution in [0.3, 0.4) is 0 Å². The topological polar surface area (TPSA) is 67.2 Å². The van der Waals surface area contributed by atoms with Crippen molar-refractivity contribution in [2.24, 2.45) is 5.73 Å². The van der Waals surface area contributed by atoms with E-state index in [2.05, 4.69) is 10.6 Å². The lowest BCUT2D eigenvalue weighted by Gasteiger charge is -2.16. The Labute approximate surface area is 66.5 Å². The molecule has 0 radical (unpaired) electrons. The number of carbonyl (C=O) groups excluding carboxylic acids is 1. The predicted molar refractivity (Wildman–Crippen MR) is 43.2 cm³/mol. The number of hydrogen-bond donors (Lipinski definition) is 3. The van der Waals surface area contributed by atoms with E-state index in [0.29, 0.717) is 0 Å². The molecule has 2 amide bonds. The van der Waals surface area contributed by atoms with Crippen molar-refractivity contribution in [1.29, 1.82) is 0 Å². The Kier molecular flexibility index (Phi) is 2.70. The number of amides is 2. The fourth-order valence-electron chi connectivity index (χ4n) is 1.41. The Morgan fingerprint density at radius 2 is 2.27 bits per heavy atom. The smallest absolute Gasteiger partial charge is 0.314 e. The molecular formula is C7H15N3O. The summed E-state index contributed by atoms with van der Waals surface area (Å²) in [6.45, 7) is 0. The van der Waals surface area contributed by atoms with Crippen molar-refractivity contribution in [2.45, 2.75) is 31.3 Å². The molecule has 0 heterocycles. The largest absolute Gasteiger partial charge is 0.341 e. The SMILES string of the molecule is CNC(=O)NC1CCCC1N. The average Bonchev–Trinajstić information content (AvgIpc) is 2.37. The third-order valence-corrected chi connectivity index (χ3v) is 2.11. The number of carbonyl (C=O) groups is 1. The van der Waals surface area contributed by atoms with Crippen molar-refractivity contribution in [1.82, 2.24) is 10.6 Å². The lowest BCUT2D eigenvalue weighted by atomic mass is 10.2. The fourth-order valence-corrected chi connectivity index (χ4v) is 1.41. The summed E-state index contributed by atoms with van der Waals surface area (Å²) < 4.78 is 0. The van der Waals surface area contributed by atoms with E-state index < -0.39 is 0 Å².